The largest absolute Gasteiger partial charge is 0.503 e. The minimum atomic E-state index is -0.869. The lowest BCUT2D eigenvalue weighted by Gasteiger charge is -2.27. The molecule has 2 aromatic carbocycles. The van der Waals surface area contributed by atoms with Crippen molar-refractivity contribution in [1.82, 2.24) is 4.57 Å². The summed E-state index contributed by atoms with van der Waals surface area (Å²) < 4.78 is 23.6. The van der Waals surface area contributed by atoms with E-state index in [0.29, 0.717) is 44.1 Å². The van der Waals surface area contributed by atoms with E-state index in [0.717, 1.165) is 6.42 Å². The number of phenolic OH excluding ortho intramolecular Hbond substituents is 1. The number of carbonyl (C=O) groups is 1. The van der Waals surface area contributed by atoms with E-state index in [9.17, 15) is 14.7 Å². The van der Waals surface area contributed by atoms with Crippen LogP contribution in [0.2, 0.25) is 5.02 Å². The average Bonchev–Trinajstić information content (AvgIpc) is 3.23. The van der Waals surface area contributed by atoms with Gasteiger partial charge in [-0.15, -0.1) is 0 Å². The average molecular weight is 573 g/mol. The summed E-state index contributed by atoms with van der Waals surface area (Å²) in [4.78, 5) is 32.6. The van der Waals surface area contributed by atoms with Crippen molar-refractivity contribution in [3.63, 3.8) is 0 Å². The summed E-state index contributed by atoms with van der Waals surface area (Å²) in [7, 11) is 4.48. The molecule has 1 aromatic heterocycles. The Bertz CT molecular complexity index is 1620. The number of hydrogen-bond acceptors (Lipinski definition) is 9. The number of thiazole rings is 1. The predicted molar refractivity (Wildman–Crippen MR) is 149 cm³/mol. The summed E-state index contributed by atoms with van der Waals surface area (Å²) in [5.41, 5.74) is 1.57. The minimum absolute atomic E-state index is 0.0854. The maximum atomic E-state index is 14.0. The second-order valence-electron chi connectivity index (χ2n) is 8.58. The number of nitrogens with zero attached hydrogens (tertiary/aromatic N) is 2. The van der Waals surface area contributed by atoms with Gasteiger partial charge in [0.15, 0.2) is 16.3 Å². The van der Waals surface area contributed by atoms with Crippen LogP contribution in [-0.4, -0.2) is 43.6 Å². The van der Waals surface area contributed by atoms with Crippen LogP contribution in [0.3, 0.4) is 0 Å². The molecule has 0 fully saturated rings. The Morgan fingerprint density at radius 3 is 2.51 bits per heavy atom. The third-order valence-corrected chi connectivity index (χ3v) is 7.46. The molecule has 0 amide bonds. The number of ether oxygens (including phenoxy) is 4. The lowest BCUT2D eigenvalue weighted by atomic mass is 9.93. The SMILES string of the molecule is CCCC1=C(C(=O)OCC)[C@H](c2cc(OC)ccc2OC)n2c(s/c(=C\c3cc(Cl)c(O)c(OC)c3)c2=O)=N1. The van der Waals surface area contributed by atoms with Gasteiger partial charge in [-0.25, -0.2) is 9.79 Å². The standard InChI is InChI=1S/C28H29ClN2O7S/c1-6-8-19-23(27(34)38-7-2)24(17-14-16(35-3)9-10-20(17)36-4)31-26(33)22(39-28(31)30-19)13-15-11-18(29)25(32)21(12-15)37-5/h9-14,24,32H,6-8H2,1-5H3/b22-13-/t24-/m0/s1. The first kappa shape index (κ1) is 28.3. The molecular weight excluding hydrogens is 544 g/mol. The molecule has 11 heteroatoms. The molecule has 0 aliphatic carbocycles. The molecule has 1 atom stereocenters. The van der Waals surface area contributed by atoms with Gasteiger partial charge in [-0.3, -0.25) is 9.36 Å². The highest BCUT2D eigenvalue weighted by Crippen LogP contribution is 2.39. The molecule has 4 rings (SSSR count). The molecular formula is C28H29ClN2O7S. The number of aromatic hydroxyl groups is 1. The maximum absolute atomic E-state index is 14.0. The molecule has 0 bridgehead atoms. The molecule has 0 saturated carbocycles. The van der Waals surface area contributed by atoms with Crippen LogP contribution in [0.4, 0.5) is 0 Å². The second-order valence-corrected chi connectivity index (χ2v) is 9.99. The Labute approximate surface area is 234 Å². The van der Waals surface area contributed by atoms with E-state index in [-0.39, 0.29) is 34.3 Å². The van der Waals surface area contributed by atoms with Gasteiger partial charge in [0.1, 0.15) is 17.5 Å². The number of fused-ring (bicyclic) bond motifs is 1. The quantitative estimate of drug-likeness (QED) is 0.387. The first-order valence-corrected chi connectivity index (χ1v) is 13.5. The number of aromatic nitrogens is 1. The summed E-state index contributed by atoms with van der Waals surface area (Å²) in [6, 6.07) is 7.47. The Hall–Kier alpha value is -3.76. The summed E-state index contributed by atoms with van der Waals surface area (Å²) in [6.45, 7) is 3.88. The summed E-state index contributed by atoms with van der Waals surface area (Å²) in [6.07, 6.45) is 2.88. The van der Waals surface area contributed by atoms with Gasteiger partial charge in [0.05, 0.1) is 48.8 Å². The van der Waals surface area contributed by atoms with Gasteiger partial charge in [-0.1, -0.05) is 36.3 Å². The van der Waals surface area contributed by atoms with Crippen molar-refractivity contribution in [2.24, 2.45) is 4.99 Å². The van der Waals surface area contributed by atoms with E-state index >= 15 is 0 Å². The van der Waals surface area contributed by atoms with Crippen molar-refractivity contribution in [3.8, 4) is 23.0 Å². The van der Waals surface area contributed by atoms with Crippen LogP contribution >= 0.6 is 22.9 Å². The van der Waals surface area contributed by atoms with Crippen LogP contribution in [0.5, 0.6) is 23.0 Å². The molecule has 0 unspecified atom stereocenters. The normalized spacial score (nSPS) is 15.0. The van der Waals surface area contributed by atoms with E-state index in [2.05, 4.69) is 0 Å². The molecule has 1 aliphatic heterocycles. The van der Waals surface area contributed by atoms with Crippen LogP contribution in [0.15, 0.2) is 51.4 Å². The zero-order valence-electron chi connectivity index (χ0n) is 22.2. The van der Waals surface area contributed by atoms with Crippen LogP contribution in [0.25, 0.3) is 6.08 Å². The van der Waals surface area contributed by atoms with Crippen LogP contribution in [0.1, 0.15) is 43.9 Å². The Morgan fingerprint density at radius 2 is 1.87 bits per heavy atom. The number of phenols is 1. The Kier molecular flexibility index (Phi) is 8.66. The van der Waals surface area contributed by atoms with Gasteiger partial charge in [0.25, 0.3) is 5.56 Å². The van der Waals surface area contributed by atoms with Gasteiger partial charge in [0.2, 0.25) is 0 Å². The summed E-state index contributed by atoms with van der Waals surface area (Å²) >= 11 is 7.36. The molecule has 1 aliphatic rings. The molecule has 0 saturated heterocycles. The smallest absolute Gasteiger partial charge is 0.338 e. The van der Waals surface area contributed by atoms with Crippen molar-refractivity contribution in [3.05, 3.63) is 77.4 Å². The number of hydrogen-bond donors (Lipinski definition) is 1. The van der Waals surface area contributed by atoms with Crippen LogP contribution in [-0.2, 0) is 9.53 Å². The number of rotatable bonds is 9. The zero-order chi connectivity index (χ0) is 28.3. The highest BCUT2D eigenvalue weighted by atomic mass is 35.5. The van der Waals surface area contributed by atoms with Gasteiger partial charge < -0.3 is 24.1 Å². The number of carbonyl (C=O) groups excluding carboxylic acids is 1. The topological polar surface area (TPSA) is 109 Å². The van der Waals surface area contributed by atoms with Gasteiger partial charge in [-0.05, 0) is 55.3 Å². The Morgan fingerprint density at radius 1 is 1.13 bits per heavy atom. The molecule has 1 N–H and O–H groups in total. The number of benzene rings is 2. The lowest BCUT2D eigenvalue weighted by Crippen LogP contribution is -2.40. The van der Waals surface area contributed by atoms with E-state index in [1.807, 2.05) is 6.92 Å². The molecule has 39 heavy (non-hydrogen) atoms. The van der Waals surface area contributed by atoms with E-state index < -0.39 is 12.0 Å². The van der Waals surface area contributed by atoms with Crippen LogP contribution in [0, 0.1) is 0 Å². The highest BCUT2D eigenvalue weighted by Gasteiger charge is 2.36. The molecule has 9 nitrogen and oxygen atoms in total. The number of methoxy groups -OCH3 is 3. The number of halogens is 1. The molecule has 0 spiro atoms. The van der Waals surface area contributed by atoms with E-state index in [1.54, 1.807) is 44.4 Å². The van der Waals surface area contributed by atoms with Crippen molar-refractivity contribution in [2.45, 2.75) is 32.7 Å². The number of allylic oxidation sites excluding steroid dienone is 1. The van der Waals surface area contributed by atoms with Crippen molar-refractivity contribution in [1.29, 1.82) is 0 Å². The fourth-order valence-corrected chi connectivity index (χ4v) is 5.69. The van der Waals surface area contributed by atoms with Gasteiger partial charge >= 0.3 is 5.97 Å². The monoisotopic (exact) mass is 572 g/mol. The fourth-order valence-electron chi connectivity index (χ4n) is 4.45. The predicted octanol–water partition coefficient (Wildman–Crippen LogP) is 3.96. The number of esters is 1. The van der Waals surface area contributed by atoms with Crippen molar-refractivity contribution >= 4 is 35.0 Å². The van der Waals surface area contributed by atoms with Crippen LogP contribution < -0.4 is 29.1 Å². The first-order valence-electron chi connectivity index (χ1n) is 12.3. The minimum Gasteiger partial charge on any atom is -0.503 e. The molecule has 206 valence electrons. The van der Waals surface area contributed by atoms with Crippen molar-refractivity contribution < 1.29 is 28.8 Å². The van der Waals surface area contributed by atoms with E-state index in [1.165, 1.54) is 36.2 Å². The fraction of sp³-hybridized carbons (Fsp3) is 0.321. The lowest BCUT2D eigenvalue weighted by molar-refractivity contribution is -0.139. The summed E-state index contributed by atoms with van der Waals surface area (Å²) in [5, 5.41) is 10.2. The molecule has 3 aromatic rings. The van der Waals surface area contributed by atoms with Crippen molar-refractivity contribution in [2.75, 3.05) is 27.9 Å². The second kappa shape index (κ2) is 12.0. The van der Waals surface area contributed by atoms with E-state index in [4.69, 9.17) is 35.5 Å². The molecule has 2 heterocycles. The molecule has 0 radical (unpaired) electrons. The third-order valence-electron chi connectivity index (χ3n) is 6.19. The first-order chi connectivity index (χ1) is 18.8. The Balaban J connectivity index is 2.06. The van der Waals surface area contributed by atoms with Gasteiger partial charge in [0, 0.05) is 5.56 Å². The summed E-state index contributed by atoms with van der Waals surface area (Å²) in [5.74, 6) is 0.450. The van der Waals surface area contributed by atoms with Gasteiger partial charge in [-0.2, -0.15) is 0 Å². The highest BCUT2D eigenvalue weighted by molar-refractivity contribution is 7.07. The third kappa shape index (κ3) is 5.39. The maximum Gasteiger partial charge on any atom is 0.338 e. The zero-order valence-corrected chi connectivity index (χ0v) is 23.8.